The summed E-state index contributed by atoms with van der Waals surface area (Å²) in [7, 11) is 1.39. The standard InChI is InChI=1S/C20H24FN3O4S/c1-3-6-15-13(10-12-29)19(22-23(15)17-7-4-5-11-28-17)18-16(27-2)9-8-14(21)20(18)24(25)26/h8-10,12,17,29H,3-7,11H2,1-2H3/b12-10+. The third-order valence-corrected chi connectivity index (χ3v) is 5.09. The van der Waals surface area contributed by atoms with E-state index in [0.717, 1.165) is 37.4 Å². The van der Waals surface area contributed by atoms with Crippen molar-refractivity contribution in [1.82, 2.24) is 9.78 Å². The lowest BCUT2D eigenvalue weighted by Crippen LogP contribution is -2.21. The lowest BCUT2D eigenvalue weighted by Gasteiger charge is -2.24. The monoisotopic (exact) mass is 421 g/mol. The normalized spacial score (nSPS) is 17.0. The quantitative estimate of drug-likeness (QED) is 0.380. The average molecular weight is 421 g/mol. The maximum absolute atomic E-state index is 14.4. The van der Waals surface area contributed by atoms with E-state index in [1.165, 1.54) is 13.2 Å². The Balaban J connectivity index is 2.32. The number of ether oxygens (including phenoxy) is 2. The Morgan fingerprint density at radius 2 is 2.28 bits per heavy atom. The van der Waals surface area contributed by atoms with Crippen LogP contribution in [0.3, 0.4) is 0 Å². The van der Waals surface area contributed by atoms with Crippen LogP contribution in [0.25, 0.3) is 17.3 Å². The van der Waals surface area contributed by atoms with Gasteiger partial charge in [-0.2, -0.15) is 22.1 Å². The van der Waals surface area contributed by atoms with Gasteiger partial charge in [-0.1, -0.05) is 13.3 Å². The summed E-state index contributed by atoms with van der Waals surface area (Å²) in [6.45, 7) is 2.67. The van der Waals surface area contributed by atoms with Crippen LogP contribution >= 0.6 is 12.6 Å². The van der Waals surface area contributed by atoms with Gasteiger partial charge < -0.3 is 9.47 Å². The van der Waals surface area contributed by atoms with Crippen LogP contribution in [-0.4, -0.2) is 28.4 Å². The van der Waals surface area contributed by atoms with Gasteiger partial charge in [0, 0.05) is 17.9 Å². The van der Waals surface area contributed by atoms with E-state index in [-0.39, 0.29) is 23.2 Å². The molecule has 156 valence electrons. The molecule has 0 saturated carbocycles. The van der Waals surface area contributed by atoms with Gasteiger partial charge in [-0.3, -0.25) is 10.1 Å². The Kier molecular flexibility index (Phi) is 6.92. The molecule has 1 aromatic heterocycles. The summed E-state index contributed by atoms with van der Waals surface area (Å²) >= 11 is 4.19. The number of benzene rings is 1. The molecule has 1 atom stereocenters. The zero-order valence-corrected chi connectivity index (χ0v) is 17.3. The Morgan fingerprint density at radius 1 is 1.48 bits per heavy atom. The van der Waals surface area contributed by atoms with E-state index in [2.05, 4.69) is 17.7 Å². The van der Waals surface area contributed by atoms with Crippen molar-refractivity contribution < 1.29 is 18.8 Å². The Bertz CT molecular complexity index is 923. The van der Waals surface area contributed by atoms with Crippen LogP contribution in [0.4, 0.5) is 10.1 Å². The summed E-state index contributed by atoms with van der Waals surface area (Å²) in [6.07, 6.45) is 5.78. The minimum Gasteiger partial charge on any atom is -0.496 e. The van der Waals surface area contributed by atoms with Gasteiger partial charge in [0.2, 0.25) is 5.82 Å². The number of methoxy groups -OCH3 is 1. The van der Waals surface area contributed by atoms with Gasteiger partial charge >= 0.3 is 5.69 Å². The SMILES string of the molecule is CCCc1c(/C=C/S)c(-c2c(OC)ccc(F)c2[N+](=O)[O-])nn1C1CCCCO1. The molecule has 0 aliphatic carbocycles. The second-order valence-electron chi connectivity index (χ2n) is 6.77. The van der Waals surface area contributed by atoms with Gasteiger partial charge in [0.1, 0.15) is 17.0 Å². The number of thiol groups is 1. The minimum atomic E-state index is -0.938. The molecule has 1 unspecified atom stereocenters. The van der Waals surface area contributed by atoms with Gasteiger partial charge in [-0.25, -0.2) is 4.68 Å². The van der Waals surface area contributed by atoms with Crippen molar-refractivity contribution in [3.63, 3.8) is 0 Å². The number of hydrogen-bond acceptors (Lipinski definition) is 6. The first kappa shape index (κ1) is 21.3. The molecular formula is C20H24FN3O4S. The number of rotatable bonds is 7. The molecule has 0 N–H and O–H groups in total. The topological polar surface area (TPSA) is 79.4 Å². The van der Waals surface area contributed by atoms with E-state index in [1.807, 2.05) is 6.92 Å². The molecule has 1 fully saturated rings. The summed E-state index contributed by atoms with van der Waals surface area (Å²) in [5, 5.41) is 17.9. The molecule has 1 aromatic carbocycles. The Labute approximate surface area is 174 Å². The third-order valence-electron chi connectivity index (χ3n) is 4.94. The first-order chi connectivity index (χ1) is 14.0. The van der Waals surface area contributed by atoms with Crippen molar-refractivity contribution in [2.24, 2.45) is 0 Å². The number of nitro groups is 1. The molecule has 7 nitrogen and oxygen atoms in total. The molecule has 29 heavy (non-hydrogen) atoms. The highest BCUT2D eigenvalue weighted by atomic mass is 32.1. The summed E-state index contributed by atoms with van der Waals surface area (Å²) in [4.78, 5) is 11.0. The lowest BCUT2D eigenvalue weighted by atomic mass is 10.0. The van der Waals surface area contributed by atoms with Gasteiger partial charge in [-0.05, 0) is 49.3 Å². The number of aromatic nitrogens is 2. The second-order valence-corrected chi connectivity index (χ2v) is 7.07. The number of nitro benzene ring substituents is 1. The highest BCUT2D eigenvalue weighted by Gasteiger charge is 2.32. The molecule has 1 aliphatic rings. The fraction of sp³-hybridized carbons (Fsp3) is 0.450. The first-order valence-corrected chi connectivity index (χ1v) is 10.1. The lowest BCUT2D eigenvalue weighted by molar-refractivity contribution is -0.386. The van der Waals surface area contributed by atoms with Gasteiger partial charge in [0.05, 0.1) is 12.0 Å². The van der Waals surface area contributed by atoms with Crippen LogP contribution in [0.1, 0.15) is 50.1 Å². The third kappa shape index (κ3) is 4.16. The Morgan fingerprint density at radius 3 is 2.86 bits per heavy atom. The van der Waals surface area contributed by atoms with Gasteiger partial charge in [0.25, 0.3) is 0 Å². The maximum Gasteiger partial charge on any atom is 0.317 e. The highest BCUT2D eigenvalue weighted by Crippen LogP contribution is 2.43. The summed E-state index contributed by atoms with van der Waals surface area (Å²) in [6, 6.07) is 2.41. The molecule has 0 spiro atoms. The van der Waals surface area contributed by atoms with Crippen LogP contribution in [0.2, 0.25) is 0 Å². The van der Waals surface area contributed by atoms with E-state index >= 15 is 0 Å². The molecule has 2 aromatic rings. The molecule has 9 heteroatoms. The zero-order valence-electron chi connectivity index (χ0n) is 16.4. The zero-order chi connectivity index (χ0) is 21.0. The van der Waals surface area contributed by atoms with Crippen LogP contribution in [0.5, 0.6) is 5.75 Å². The Hall–Kier alpha value is -2.39. The highest BCUT2D eigenvalue weighted by molar-refractivity contribution is 7.83. The summed E-state index contributed by atoms with van der Waals surface area (Å²) in [5.41, 5.74) is 1.18. The molecule has 2 heterocycles. The van der Waals surface area contributed by atoms with Crippen molar-refractivity contribution in [1.29, 1.82) is 0 Å². The fourth-order valence-electron chi connectivity index (χ4n) is 3.68. The van der Waals surface area contributed by atoms with E-state index < -0.39 is 16.4 Å². The predicted octanol–water partition coefficient (Wildman–Crippen LogP) is 5.16. The fourth-order valence-corrected chi connectivity index (χ4v) is 3.83. The molecular weight excluding hydrogens is 397 g/mol. The van der Waals surface area contributed by atoms with E-state index in [9.17, 15) is 14.5 Å². The number of halogens is 1. The van der Waals surface area contributed by atoms with Crippen LogP contribution < -0.4 is 4.74 Å². The van der Waals surface area contributed by atoms with Gasteiger partial charge in [-0.15, -0.1) is 0 Å². The maximum atomic E-state index is 14.4. The minimum absolute atomic E-state index is 0.0193. The van der Waals surface area contributed by atoms with Crippen molar-refractivity contribution >= 4 is 24.4 Å². The largest absolute Gasteiger partial charge is 0.496 e. The average Bonchev–Trinajstić information content (AvgIpc) is 3.06. The van der Waals surface area contributed by atoms with Crippen molar-refractivity contribution in [2.75, 3.05) is 13.7 Å². The van der Waals surface area contributed by atoms with E-state index in [1.54, 1.807) is 16.2 Å². The number of nitrogens with zero attached hydrogens (tertiary/aromatic N) is 3. The van der Waals surface area contributed by atoms with E-state index in [4.69, 9.17) is 9.47 Å². The molecule has 3 rings (SSSR count). The van der Waals surface area contributed by atoms with Crippen LogP contribution in [-0.2, 0) is 11.2 Å². The number of hydrogen-bond donors (Lipinski definition) is 1. The first-order valence-electron chi connectivity index (χ1n) is 9.58. The second kappa shape index (κ2) is 9.41. The smallest absolute Gasteiger partial charge is 0.317 e. The van der Waals surface area contributed by atoms with Crippen molar-refractivity contribution in [3.8, 4) is 17.0 Å². The predicted molar refractivity (Wildman–Crippen MR) is 112 cm³/mol. The molecule has 1 saturated heterocycles. The molecule has 0 amide bonds. The summed E-state index contributed by atoms with van der Waals surface area (Å²) < 4.78 is 27.5. The van der Waals surface area contributed by atoms with Crippen LogP contribution in [0.15, 0.2) is 17.5 Å². The van der Waals surface area contributed by atoms with Gasteiger partial charge in [0.15, 0.2) is 6.23 Å². The van der Waals surface area contributed by atoms with E-state index in [0.29, 0.717) is 18.6 Å². The van der Waals surface area contributed by atoms with Crippen LogP contribution in [0, 0.1) is 15.9 Å². The van der Waals surface area contributed by atoms with Crippen molar-refractivity contribution in [3.05, 3.63) is 44.7 Å². The molecule has 0 bridgehead atoms. The summed E-state index contributed by atoms with van der Waals surface area (Å²) in [5.74, 6) is -0.753. The molecule has 0 radical (unpaired) electrons. The molecule has 1 aliphatic heterocycles. The van der Waals surface area contributed by atoms with Crippen molar-refractivity contribution in [2.45, 2.75) is 45.3 Å².